The highest BCUT2D eigenvalue weighted by molar-refractivity contribution is 5.30. The highest BCUT2D eigenvalue weighted by Crippen LogP contribution is 2.18. The van der Waals surface area contributed by atoms with Gasteiger partial charge in [0.15, 0.2) is 0 Å². The lowest BCUT2D eigenvalue weighted by atomic mass is 9.88. The van der Waals surface area contributed by atoms with E-state index in [2.05, 4.69) is 58.1 Å². The summed E-state index contributed by atoms with van der Waals surface area (Å²) in [5, 5.41) is 3.48. The standard InChI is InChI=1S/C16H27N/c1-6-17-11-16(12(2)3)10-15-8-7-13(4)14(5)9-15/h7-9,12,16-17H,6,10-11H2,1-5H3. The van der Waals surface area contributed by atoms with Gasteiger partial charge in [-0.05, 0) is 61.9 Å². The highest BCUT2D eigenvalue weighted by atomic mass is 14.8. The van der Waals surface area contributed by atoms with Crippen LogP contribution in [-0.4, -0.2) is 13.1 Å². The Hall–Kier alpha value is -0.820. The monoisotopic (exact) mass is 233 g/mol. The molecule has 0 saturated carbocycles. The number of hydrogen-bond acceptors (Lipinski definition) is 1. The van der Waals surface area contributed by atoms with E-state index in [0.717, 1.165) is 24.9 Å². The Morgan fingerprint density at radius 3 is 2.35 bits per heavy atom. The van der Waals surface area contributed by atoms with Gasteiger partial charge in [-0.3, -0.25) is 0 Å². The van der Waals surface area contributed by atoms with Gasteiger partial charge >= 0.3 is 0 Å². The molecule has 0 fully saturated rings. The van der Waals surface area contributed by atoms with E-state index in [1.54, 1.807) is 0 Å². The fourth-order valence-corrected chi connectivity index (χ4v) is 2.11. The molecule has 0 aliphatic carbocycles. The smallest absolute Gasteiger partial charge is 0.00150 e. The van der Waals surface area contributed by atoms with E-state index >= 15 is 0 Å². The van der Waals surface area contributed by atoms with Crippen LogP contribution in [0.25, 0.3) is 0 Å². The first-order valence-electron chi connectivity index (χ1n) is 6.81. The fourth-order valence-electron chi connectivity index (χ4n) is 2.11. The van der Waals surface area contributed by atoms with Crippen molar-refractivity contribution in [2.45, 2.75) is 41.0 Å². The molecule has 1 unspecified atom stereocenters. The van der Waals surface area contributed by atoms with E-state index < -0.39 is 0 Å². The Labute approximate surface area is 107 Å². The molecule has 0 saturated heterocycles. The number of nitrogens with one attached hydrogen (secondary N) is 1. The molecule has 0 amide bonds. The molecule has 1 heteroatoms. The normalized spacial score (nSPS) is 13.1. The zero-order chi connectivity index (χ0) is 12.8. The largest absolute Gasteiger partial charge is 0.317 e. The van der Waals surface area contributed by atoms with Gasteiger partial charge in [-0.1, -0.05) is 39.0 Å². The van der Waals surface area contributed by atoms with E-state index in [9.17, 15) is 0 Å². The molecule has 0 aliphatic rings. The van der Waals surface area contributed by atoms with Crippen molar-refractivity contribution in [3.63, 3.8) is 0 Å². The van der Waals surface area contributed by atoms with Crippen LogP contribution < -0.4 is 5.32 Å². The van der Waals surface area contributed by atoms with Crippen molar-refractivity contribution in [3.8, 4) is 0 Å². The molecule has 0 heterocycles. The summed E-state index contributed by atoms with van der Waals surface area (Å²) in [5.41, 5.74) is 4.28. The number of hydrogen-bond donors (Lipinski definition) is 1. The zero-order valence-electron chi connectivity index (χ0n) is 12.0. The van der Waals surface area contributed by atoms with Crippen molar-refractivity contribution in [2.24, 2.45) is 11.8 Å². The minimum absolute atomic E-state index is 0.732. The summed E-state index contributed by atoms with van der Waals surface area (Å²) in [6.07, 6.45) is 1.19. The van der Waals surface area contributed by atoms with Gasteiger partial charge < -0.3 is 5.32 Å². The van der Waals surface area contributed by atoms with Crippen LogP contribution in [0.15, 0.2) is 18.2 Å². The molecule has 1 atom stereocenters. The van der Waals surface area contributed by atoms with Gasteiger partial charge in [-0.2, -0.15) is 0 Å². The van der Waals surface area contributed by atoms with Crippen molar-refractivity contribution in [1.82, 2.24) is 5.32 Å². The maximum absolute atomic E-state index is 3.48. The minimum atomic E-state index is 0.732. The number of aryl methyl sites for hydroxylation is 2. The van der Waals surface area contributed by atoms with Gasteiger partial charge in [0, 0.05) is 0 Å². The first-order valence-corrected chi connectivity index (χ1v) is 6.81. The average molecular weight is 233 g/mol. The van der Waals surface area contributed by atoms with Crippen LogP contribution >= 0.6 is 0 Å². The Bertz CT molecular complexity index is 341. The van der Waals surface area contributed by atoms with E-state index in [4.69, 9.17) is 0 Å². The van der Waals surface area contributed by atoms with Gasteiger partial charge in [0.25, 0.3) is 0 Å². The number of rotatable bonds is 6. The second-order valence-electron chi connectivity index (χ2n) is 5.43. The third-order valence-corrected chi connectivity index (χ3v) is 3.67. The van der Waals surface area contributed by atoms with Crippen LogP contribution in [-0.2, 0) is 6.42 Å². The molecule has 1 rings (SSSR count). The van der Waals surface area contributed by atoms with Crippen molar-refractivity contribution in [3.05, 3.63) is 34.9 Å². The molecule has 1 aromatic rings. The minimum Gasteiger partial charge on any atom is -0.317 e. The van der Waals surface area contributed by atoms with Gasteiger partial charge in [0.1, 0.15) is 0 Å². The molecular weight excluding hydrogens is 206 g/mol. The van der Waals surface area contributed by atoms with E-state index in [-0.39, 0.29) is 0 Å². The first-order chi connectivity index (χ1) is 8.04. The van der Waals surface area contributed by atoms with Gasteiger partial charge in [0.2, 0.25) is 0 Å². The summed E-state index contributed by atoms with van der Waals surface area (Å²) in [6.45, 7) is 13.4. The van der Waals surface area contributed by atoms with E-state index in [1.165, 1.54) is 23.1 Å². The first kappa shape index (κ1) is 14.2. The lowest BCUT2D eigenvalue weighted by molar-refractivity contribution is 0.363. The summed E-state index contributed by atoms with van der Waals surface area (Å²) in [5.74, 6) is 1.47. The molecule has 96 valence electrons. The van der Waals surface area contributed by atoms with Gasteiger partial charge in [-0.25, -0.2) is 0 Å². The molecular formula is C16H27N. The molecule has 0 spiro atoms. The van der Waals surface area contributed by atoms with Crippen LogP contribution in [0.3, 0.4) is 0 Å². The van der Waals surface area contributed by atoms with E-state index in [1.807, 2.05) is 0 Å². The second kappa shape index (κ2) is 6.80. The van der Waals surface area contributed by atoms with Crippen LogP contribution in [0.4, 0.5) is 0 Å². The second-order valence-corrected chi connectivity index (χ2v) is 5.43. The molecule has 0 aliphatic heterocycles. The van der Waals surface area contributed by atoms with Gasteiger partial charge in [-0.15, -0.1) is 0 Å². The van der Waals surface area contributed by atoms with Crippen molar-refractivity contribution < 1.29 is 0 Å². The molecule has 0 bridgehead atoms. The molecule has 17 heavy (non-hydrogen) atoms. The topological polar surface area (TPSA) is 12.0 Å². The Morgan fingerprint density at radius 2 is 1.82 bits per heavy atom. The van der Waals surface area contributed by atoms with Crippen molar-refractivity contribution >= 4 is 0 Å². The number of benzene rings is 1. The third-order valence-electron chi connectivity index (χ3n) is 3.67. The maximum atomic E-state index is 3.48. The SMILES string of the molecule is CCNCC(Cc1ccc(C)c(C)c1)C(C)C. The van der Waals surface area contributed by atoms with E-state index in [0.29, 0.717) is 0 Å². The summed E-state index contributed by atoms with van der Waals surface area (Å²) in [4.78, 5) is 0. The summed E-state index contributed by atoms with van der Waals surface area (Å²) < 4.78 is 0. The molecule has 1 aromatic carbocycles. The third kappa shape index (κ3) is 4.51. The van der Waals surface area contributed by atoms with Crippen LogP contribution in [0.5, 0.6) is 0 Å². The highest BCUT2D eigenvalue weighted by Gasteiger charge is 2.13. The summed E-state index contributed by atoms with van der Waals surface area (Å²) in [6, 6.07) is 6.87. The molecule has 0 radical (unpaired) electrons. The molecule has 0 aromatic heterocycles. The Balaban J connectivity index is 2.68. The van der Waals surface area contributed by atoms with Crippen LogP contribution in [0, 0.1) is 25.7 Å². The maximum Gasteiger partial charge on any atom is -0.00150 e. The van der Waals surface area contributed by atoms with Gasteiger partial charge in [0.05, 0.1) is 0 Å². The Morgan fingerprint density at radius 1 is 1.12 bits per heavy atom. The average Bonchev–Trinajstić information content (AvgIpc) is 2.28. The lowest BCUT2D eigenvalue weighted by Crippen LogP contribution is -2.27. The summed E-state index contributed by atoms with van der Waals surface area (Å²) in [7, 11) is 0. The predicted molar refractivity (Wildman–Crippen MR) is 76.5 cm³/mol. The van der Waals surface area contributed by atoms with Crippen LogP contribution in [0.1, 0.15) is 37.5 Å². The van der Waals surface area contributed by atoms with Crippen molar-refractivity contribution in [1.29, 1.82) is 0 Å². The molecule has 1 N–H and O–H groups in total. The van der Waals surface area contributed by atoms with Crippen LogP contribution in [0.2, 0.25) is 0 Å². The lowest BCUT2D eigenvalue weighted by Gasteiger charge is -2.21. The Kier molecular flexibility index (Phi) is 5.70. The van der Waals surface area contributed by atoms with Crippen molar-refractivity contribution in [2.75, 3.05) is 13.1 Å². The summed E-state index contributed by atoms with van der Waals surface area (Å²) >= 11 is 0. The molecule has 1 nitrogen and oxygen atoms in total. The predicted octanol–water partition coefficient (Wildman–Crippen LogP) is 3.73. The fraction of sp³-hybridized carbons (Fsp3) is 0.625. The quantitative estimate of drug-likeness (QED) is 0.789. The zero-order valence-corrected chi connectivity index (χ0v) is 12.0.